The number of hydrogen-bond donors (Lipinski definition) is 1. The van der Waals surface area contributed by atoms with Crippen molar-refractivity contribution < 1.29 is 4.79 Å². The molecular formula is C15H24N2O. The van der Waals surface area contributed by atoms with Gasteiger partial charge in [0.2, 0.25) is 5.91 Å². The summed E-state index contributed by atoms with van der Waals surface area (Å²) in [5.41, 5.74) is 7.31. The van der Waals surface area contributed by atoms with Crippen molar-refractivity contribution in [3.05, 3.63) is 29.8 Å². The molecular weight excluding hydrogens is 224 g/mol. The normalized spacial score (nSPS) is 13.2. The molecule has 3 heteroatoms. The van der Waals surface area contributed by atoms with E-state index in [0.29, 0.717) is 5.69 Å². The highest BCUT2D eigenvalue weighted by atomic mass is 16.2. The molecule has 0 saturated heterocycles. The van der Waals surface area contributed by atoms with Crippen LogP contribution in [0.1, 0.15) is 45.6 Å². The van der Waals surface area contributed by atoms with E-state index in [1.807, 2.05) is 43.1 Å². The average molecular weight is 248 g/mol. The Labute approximate surface area is 110 Å². The van der Waals surface area contributed by atoms with Crippen LogP contribution in [0.25, 0.3) is 0 Å². The van der Waals surface area contributed by atoms with Crippen LogP contribution in [0.2, 0.25) is 0 Å². The van der Waals surface area contributed by atoms with Crippen molar-refractivity contribution in [1.29, 1.82) is 0 Å². The Bertz CT molecular complexity index is 426. The first-order chi connectivity index (χ1) is 8.29. The van der Waals surface area contributed by atoms with E-state index in [9.17, 15) is 4.79 Å². The van der Waals surface area contributed by atoms with E-state index in [1.165, 1.54) is 0 Å². The van der Waals surface area contributed by atoms with Crippen molar-refractivity contribution in [3.63, 3.8) is 0 Å². The minimum atomic E-state index is -0.163. The van der Waals surface area contributed by atoms with Crippen LogP contribution in [0, 0.1) is 0 Å². The van der Waals surface area contributed by atoms with E-state index in [0.717, 1.165) is 12.0 Å². The monoisotopic (exact) mass is 248 g/mol. The molecule has 2 N–H and O–H groups in total. The molecule has 0 fully saturated rings. The number of benzene rings is 1. The van der Waals surface area contributed by atoms with Gasteiger partial charge in [-0.2, -0.15) is 0 Å². The van der Waals surface area contributed by atoms with E-state index >= 15 is 0 Å². The number of nitrogen functional groups attached to an aromatic ring is 1. The fourth-order valence-corrected chi connectivity index (χ4v) is 1.80. The molecule has 18 heavy (non-hydrogen) atoms. The number of carbonyl (C=O) groups excluding carboxylic acids is 1. The first-order valence-electron chi connectivity index (χ1n) is 6.42. The Kier molecular flexibility index (Phi) is 4.38. The highest BCUT2D eigenvalue weighted by Crippen LogP contribution is 2.24. The fourth-order valence-electron chi connectivity index (χ4n) is 1.80. The van der Waals surface area contributed by atoms with Gasteiger partial charge in [0.15, 0.2) is 0 Å². The lowest BCUT2D eigenvalue weighted by Gasteiger charge is -2.36. The first-order valence-corrected chi connectivity index (χ1v) is 6.42. The van der Waals surface area contributed by atoms with Crippen molar-refractivity contribution in [1.82, 2.24) is 4.90 Å². The summed E-state index contributed by atoms with van der Waals surface area (Å²) in [4.78, 5) is 14.3. The van der Waals surface area contributed by atoms with Crippen LogP contribution in [0.5, 0.6) is 0 Å². The lowest BCUT2D eigenvalue weighted by atomic mass is 9.94. The molecule has 0 radical (unpaired) electrons. The molecule has 0 aliphatic carbocycles. The molecule has 3 nitrogen and oxygen atoms in total. The lowest BCUT2D eigenvalue weighted by Crippen LogP contribution is -2.46. The van der Waals surface area contributed by atoms with Crippen LogP contribution in [0.4, 0.5) is 5.69 Å². The number of likely N-dealkylation sites (N-methyl/N-ethyl adjacent to an activating group) is 1. The van der Waals surface area contributed by atoms with Gasteiger partial charge in [0.1, 0.15) is 0 Å². The Morgan fingerprint density at radius 3 is 2.56 bits per heavy atom. The third-order valence-electron chi connectivity index (χ3n) is 3.88. The van der Waals surface area contributed by atoms with Crippen LogP contribution < -0.4 is 5.73 Å². The molecule has 1 amide bonds. The van der Waals surface area contributed by atoms with Gasteiger partial charge in [-0.3, -0.25) is 4.79 Å². The quantitative estimate of drug-likeness (QED) is 0.832. The van der Waals surface area contributed by atoms with Crippen molar-refractivity contribution in [3.8, 4) is 0 Å². The van der Waals surface area contributed by atoms with Gasteiger partial charge < -0.3 is 10.6 Å². The molecule has 0 aliphatic heterocycles. The molecule has 0 aliphatic rings. The molecule has 1 aromatic rings. The Morgan fingerprint density at radius 1 is 1.44 bits per heavy atom. The summed E-state index contributed by atoms with van der Waals surface area (Å²) < 4.78 is 0. The third kappa shape index (κ3) is 3.03. The second-order valence-corrected chi connectivity index (χ2v) is 5.46. The minimum absolute atomic E-state index is 0.119. The average Bonchev–Trinajstić information content (AvgIpc) is 2.36. The van der Waals surface area contributed by atoms with Crippen LogP contribution in [-0.4, -0.2) is 23.4 Å². The number of amides is 1. The predicted octanol–water partition coefficient (Wildman–Crippen LogP) is 3.02. The maximum absolute atomic E-state index is 12.4. The van der Waals surface area contributed by atoms with Gasteiger partial charge in [-0.05, 0) is 44.9 Å². The minimum Gasteiger partial charge on any atom is -0.399 e. The molecule has 1 atom stereocenters. The molecule has 0 heterocycles. The lowest BCUT2D eigenvalue weighted by molar-refractivity contribution is -0.136. The molecule has 0 saturated carbocycles. The second-order valence-electron chi connectivity index (χ2n) is 5.46. The van der Waals surface area contributed by atoms with Crippen molar-refractivity contribution in [2.24, 2.45) is 0 Å². The largest absolute Gasteiger partial charge is 0.399 e. The van der Waals surface area contributed by atoms with Gasteiger partial charge >= 0.3 is 0 Å². The maximum atomic E-state index is 12.4. The van der Waals surface area contributed by atoms with Gasteiger partial charge in [-0.25, -0.2) is 0 Å². The summed E-state index contributed by atoms with van der Waals surface area (Å²) >= 11 is 0. The SMILES string of the molecule is CCC(C)(C)N(C)C(=O)C(C)c1cccc(N)c1. The van der Waals surface area contributed by atoms with Crippen molar-refractivity contribution >= 4 is 11.6 Å². The molecule has 0 aromatic heterocycles. The standard InChI is InChI=1S/C15H24N2O/c1-6-15(3,4)17(5)14(18)11(2)12-8-7-9-13(16)10-12/h7-11H,6,16H2,1-5H3. The zero-order valence-corrected chi connectivity index (χ0v) is 12.0. The summed E-state index contributed by atoms with van der Waals surface area (Å²) in [6.45, 7) is 8.18. The number of rotatable bonds is 4. The molecule has 0 bridgehead atoms. The zero-order valence-electron chi connectivity index (χ0n) is 12.0. The van der Waals surface area contributed by atoms with Crippen LogP contribution in [0.3, 0.4) is 0 Å². The molecule has 1 aromatic carbocycles. The number of nitrogens with zero attached hydrogens (tertiary/aromatic N) is 1. The summed E-state index contributed by atoms with van der Waals surface area (Å²) in [6.07, 6.45) is 0.929. The fraction of sp³-hybridized carbons (Fsp3) is 0.533. The first kappa shape index (κ1) is 14.6. The Hall–Kier alpha value is -1.51. The van der Waals surface area contributed by atoms with E-state index in [4.69, 9.17) is 5.73 Å². The Morgan fingerprint density at radius 2 is 2.06 bits per heavy atom. The Balaban J connectivity index is 2.91. The van der Waals surface area contributed by atoms with E-state index in [-0.39, 0.29) is 17.4 Å². The number of nitrogens with two attached hydrogens (primary N) is 1. The van der Waals surface area contributed by atoms with Crippen LogP contribution in [0.15, 0.2) is 24.3 Å². The van der Waals surface area contributed by atoms with Gasteiger partial charge in [-0.15, -0.1) is 0 Å². The predicted molar refractivity (Wildman–Crippen MR) is 76.4 cm³/mol. The third-order valence-corrected chi connectivity index (χ3v) is 3.88. The number of carbonyl (C=O) groups is 1. The van der Waals surface area contributed by atoms with Crippen molar-refractivity contribution in [2.75, 3.05) is 12.8 Å². The van der Waals surface area contributed by atoms with E-state index in [1.54, 1.807) is 0 Å². The highest BCUT2D eigenvalue weighted by molar-refractivity contribution is 5.84. The van der Waals surface area contributed by atoms with Crippen molar-refractivity contribution in [2.45, 2.75) is 45.6 Å². The molecule has 1 unspecified atom stereocenters. The molecule has 100 valence electrons. The summed E-state index contributed by atoms with van der Waals surface area (Å²) in [6, 6.07) is 7.54. The van der Waals surface area contributed by atoms with E-state index in [2.05, 4.69) is 20.8 Å². The second kappa shape index (κ2) is 5.42. The number of hydrogen-bond acceptors (Lipinski definition) is 2. The number of anilines is 1. The van der Waals surface area contributed by atoms with E-state index < -0.39 is 0 Å². The zero-order chi connectivity index (χ0) is 13.9. The van der Waals surface area contributed by atoms with Gasteiger partial charge in [0, 0.05) is 18.3 Å². The highest BCUT2D eigenvalue weighted by Gasteiger charge is 2.29. The maximum Gasteiger partial charge on any atom is 0.230 e. The summed E-state index contributed by atoms with van der Waals surface area (Å²) in [5.74, 6) is -0.0308. The summed E-state index contributed by atoms with van der Waals surface area (Å²) in [5, 5.41) is 0. The van der Waals surface area contributed by atoms with Crippen LogP contribution in [-0.2, 0) is 4.79 Å². The van der Waals surface area contributed by atoms with Crippen LogP contribution >= 0.6 is 0 Å². The topological polar surface area (TPSA) is 46.3 Å². The van der Waals surface area contributed by atoms with Gasteiger partial charge in [-0.1, -0.05) is 19.1 Å². The smallest absolute Gasteiger partial charge is 0.230 e. The molecule has 1 rings (SSSR count). The van der Waals surface area contributed by atoms with Gasteiger partial charge in [0.05, 0.1) is 5.92 Å². The molecule has 0 spiro atoms. The van der Waals surface area contributed by atoms with Gasteiger partial charge in [0.25, 0.3) is 0 Å². The summed E-state index contributed by atoms with van der Waals surface area (Å²) in [7, 11) is 1.87.